The molecule has 21 heavy (non-hydrogen) atoms. The lowest BCUT2D eigenvalue weighted by Crippen LogP contribution is -2.12. The molecule has 0 amide bonds. The van der Waals surface area contributed by atoms with Crippen molar-refractivity contribution in [3.05, 3.63) is 40.5 Å². The fourth-order valence-electron chi connectivity index (χ4n) is 1.98. The SMILES string of the molecule is CC(C)(C)c1cnc(CSc2nc(=O)ccn2C2CC2)o1. The third kappa shape index (κ3) is 3.37. The van der Waals surface area contributed by atoms with E-state index in [0.717, 1.165) is 23.8 Å². The van der Waals surface area contributed by atoms with E-state index in [2.05, 4.69) is 35.3 Å². The Balaban J connectivity index is 1.74. The lowest BCUT2D eigenvalue weighted by molar-refractivity contribution is 0.390. The molecule has 2 aromatic rings. The molecule has 112 valence electrons. The lowest BCUT2D eigenvalue weighted by atomic mass is 9.94. The minimum atomic E-state index is -0.197. The van der Waals surface area contributed by atoms with Crippen LogP contribution in [0.5, 0.6) is 0 Å². The maximum absolute atomic E-state index is 11.5. The molecule has 1 aliphatic carbocycles. The number of rotatable bonds is 4. The average molecular weight is 305 g/mol. The molecule has 1 fully saturated rings. The van der Waals surface area contributed by atoms with Gasteiger partial charge in [0.2, 0.25) is 5.89 Å². The van der Waals surface area contributed by atoms with Gasteiger partial charge in [0.15, 0.2) is 5.16 Å². The summed E-state index contributed by atoms with van der Waals surface area (Å²) in [6.45, 7) is 6.27. The van der Waals surface area contributed by atoms with Crippen LogP contribution in [0.15, 0.2) is 32.8 Å². The van der Waals surface area contributed by atoms with Crippen LogP contribution in [0, 0.1) is 0 Å². The van der Waals surface area contributed by atoms with Crippen molar-refractivity contribution in [2.75, 3.05) is 0 Å². The van der Waals surface area contributed by atoms with E-state index in [0.29, 0.717) is 17.7 Å². The molecule has 0 aromatic carbocycles. The maximum atomic E-state index is 11.5. The second kappa shape index (κ2) is 5.33. The van der Waals surface area contributed by atoms with Crippen LogP contribution in [0.25, 0.3) is 0 Å². The van der Waals surface area contributed by atoms with E-state index in [-0.39, 0.29) is 11.0 Å². The molecular weight excluding hydrogens is 286 g/mol. The molecule has 1 aliphatic rings. The Labute approximate surface area is 127 Å². The van der Waals surface area contributed by atoms with Crippen LogP contribution >= 0.6 is 11.8 Å². The predicted molar refractivity (Wildman–Crippen MR) is 81.5 cm³/mol. The fraction of sp³-hybridized carbons (Fsp3) is 0.533. The molecule has 0 unspecified atom stereocenters. The van der Waals surface area contributed by atoms with E-state index in [1.807, 2.05) is 6.20 Å². The zero-order valence-corrected chi connectivity index (χ0v) is 13.3. The number of aromatic nitrogens is 3. The number of hydrogen-bond acceptors (Lipinski definition) is 5. The van der Waals surface area contributed by atoms with Crippen molar-refractivity contribution in [2.24, 2.45) is 0 Å². The molecule has 0 spiro atoms. The molecule has 1 saturated carbocycles. The van der Waals surface area contributed by atoms with Gasteiger partial charge in [0, 0.05) is 23.7 Å². The largest absolute Gasteiger partial charge is 0.444 e. The number of oxazole rings is 1. The van der Waals surface area contributed by atoms with E-state index < -0.39 is 0 Å². The van der Waals surface area contributed by atoms with E-state index in [1.54, 1.807) is 6.20 Å². The fourth-order valence-corrected chi connectivity index (χ4v) is 2.88. The minimum absolute atomic E-state index is 0.0446. The van der Waals surface area contributed by atoms with Crippen LogP contribution in [0.1, 0.15) is 51.3 Å². The Morgan fingerprint density at radius 2 is 2.19 bits per heavy atom. The molecule has 3 rings (SSSR count). The summed E-state index contributed by atoms with van der Waals surface area (Å²) in [5.74, 6) is 2.13. The smallest absolute Gasteiger partial charge is 0.273 e. The van der Waals surface area contributed by atoms with Crippen LogP contribution in [0.4, 0.5) is 0 Å². The normalized spacial score (nSPS) is 15.4. The van der Waals surface area contributed by atoms with Gasteiger partial charge in [-0.2, -0.15) is 4.98 Å². The molecule has 5 nitrogen and oxygen atoms in total. The third-order valence-corrected chi connectivity index (χ3v) is 4.31. The first-order chi connectivity index (χ1) is 9.93. The summed E-state index contributed by atoms with van der Waals surface area (Å²) >= 11 is 1.50. The van der Waals surface area contributed by atoms with Gasteiger partial charge in [-0.1, -0.05) is 32.5 Å². The van der Waals surface area contributed by atoms with E-state index in [4.69, 9.17) is 4.42 Å². The van der Waals surface area contributed by atoms with Crippen molar-refractivity contribution in [3.8, 4) is 0 Å². The molecule has 0 aliphatic heterocycles. The summed E-state index contributed by atoms with van der Waals surface area (Å²) in [4.78, 5) is 19.9. The standard InChI is InChI=1S/C15H19N3O2S/c1-15(2,3)11-8-16-13(20-11)9-21-14-17-12(19)6-7-18(14)10-4-5-10/h6-8,10H,4-5,9H2,1-3H3. The summed E-state index contributed by atoms with van der Waals surface area (Å²) in [6.07, 6.45) is 5.93. The van der Waals surface area contributed by atoms with Gasteiger partial charge in [-0.3, -0.25) is 4.79 Å². The highest BCUT2D eigenvalue weighted by atomic mass is 32.2. The van der Waals surface area contributed by atoms with Crippen molar-refractivity contribution >= 4 is 11.8 Å². The molecule has 6 heteroatoms. The van der Waals surface area contributed by atoms with Crippen LogP contribution in [0.3, 0.4) is 0 Å². The van der Waals surface area contributed by atoms with Gasteiger partial charge in [-0.05, 0) is 12.8 Å². The molecule has 2 heterocycles. The van der Waals surface area contributed by atoms with E-state index >= 15 is 0 Å². The average Bonchev–Trinajstić information content (AvgIpc) is 3.13. The first-order valence-electron chi connectivity index (χ1n) is 7.10. The van der Waals surface area contributed by atoms with Crippen molar-refractivity contribution in [2.45, 2.75) is 56.0 Å². The monoisotopic (exact) mass is 305 g/mol. The topological polar surface area (TPSA) is 60.9 Å². The second-order valence-electron chi connectivity index (χ2n) is 6.34. The van der Waals surface area contributed by atoms with Crippen molar-refractivity contribution in [1.29, 1.82) is 0 Å². The van der Waals surface area contributed by atoms with Crippen LogP contribution < -0.4 is 5.56 Å². The summed E-state index contributed by atoms with van der Waals surface area (Å²) < 4.78 is 7.85. The molecule has 0 N–H and O–H groups in total. The molecule has 0 radical (unpaired) electrons. The van der Waals surface area contributed by atoms with Gasteiger partial charge in [0.25, 0.3) is 5.56 Å². The zero-order valence-electron chi connectivity index (χ0n) is 12.5. The Morgan fingerprint density at radius 1 is 1.43 bits per heavy atom. The van der Waals surface area contributed by atoms with Gasteiger partial charge in [0.05, 0.1) is 11.9 Å². The van der Waals surface area contributed by atoms with Crippen molar-refractivity contribution in [1.82, 2.24) is 14.5 Å². The molecular formula is C15H19N3O2S. The molecule has 2 aromatic heterocycles. The van der Waals surface area contributed by atoms with Gasteiger partial charge >= 0.3 is 0 Å². The van der Waals surface area contributed by atoms with Crippen LogP contribution in [0.2, 0.25) is 0 Å². The van der Waals surface area contributed by atoms with Crippen molar-refractivity contribution in [3.63, 3.8) is 0 Å². The Hall–Kier alpha value is -1.56. The van der Waals surface area contributed by atoms with Gasteiger partial charge in [0.1, 0.15) is 5.76 Å². The summed E-state index contributed by atoms with van der Waals surface area (Å²) in [6, 6.07) is 2.01. The van der Waals surface area contributed by atoms with Crippen LogP contribution in [-0.4, -0.2) is 14.5 Å². The van der Waals surface area contributed by atoms with Crippen LogP contribution in [-0.2, 0) is 11.2 Å². The first kappa shape index (κ1) is 14.4. The highest BCUT2D eigenvalue weighted by molar-refractivity contribution is 7.98. The first-order valence-corrected chi connectivity index (χ1v) is 8.09. The predicted octanol–water partition coefficient (Wildman–Crippen LogP) is 3.16. The Bertz CT molecular complexity index is 695. The summed E-state index contributed by atoms with van der Waals surface area (Å²) in [5, 5.41) is 0.750. The van der Waals surface area contributed by atoms with E-state index in [9.17, 15) is 4.79 Å². The van der Waals surface area contributed by atoms with E-state index in [1.165, 1.54) is 17.8 Å². The zero-order chi connectivity index (χ0) is 15.0. The lowest BCUT2D eigenvalue weighted by Gasteiger charge is -2.13. The van der Waals surface area contributed by atoms with Gasteiger partial charge < -0.3 is 8.98 Å². The second-order valence-corrected chi connectivity index (χ2v) is 7.29. The highest BCUT2D eigenvalue weighted by Gasteiger charge is 2.25. The minimum Gasteiger partial charge on any atom is -0.444 e. The number of nitrogens with zero attached hydrogens (tertiary/aromatic N) is 3. The summed E-state index contributed by atoms with van der Waals surface area (Å²) in [5.41, 5.74) is -0.242. The molecule has 0 saturated heterocycles. The van der Waals surface area contributed by atoms with Gasteiger partial charge in [-0.15, -0.1) is 0 Å². The quantitative estimate of drug-likeness (QED) is 0.641. The number of hydrogen-bond donors (Lipinski definition) is 0. The Morgan fingerprint density at radius 3 is 2.81 bits per heavy atom. The molecule has 0 bridgehead atoms. The number of thioether (sulfide) groups is 1. The Kier molecular flexibility index (Phi) is 3.65. The third-order valence-electron chi connectivity index (χ3n) is 3.36. The maximum Gasteiger partial charge on any atom is 0.273 e. The van der Waals surface area contributed by atoms with Crippen molar-refractivity contribution < 1.29 is 4.42 Å². The van der Waals surface area contributed by atoms with Gasteiger partial charge in [-0.25, -0.2) is 4.98 Å². The molecule has 0 atom stereocenters. The summed E-state index contributed by atoms with van der Waals surface area (Å²) in [7, 11) is 0. The highest BCUT2D eigenvalue weighted by Crippen LogP contribution is 2.37.